The number of benzene rings is 4. The van der Waals surface area contributed by atoms with Gasteiger partial charge in [0.05, 0.1) is 61.3 Å². The molecule has 14 nitrogen and oxygen atoms in total. The van der Waals surface area contributed by atoms with Crippen molar-refractivity contribution in [1.82, 2.24) is 9.80 Å². The number of alkyl halides is 3. The zero-order valence-electron chi connectivity index (χ0n) is 28.7. The summed E-state index contributed by atoms with van der Waals surface area (Å²) < 4.78 is 76.3. The first kappa shape index (κ1) is 40.3. The number of ether oxygens (including phenoxy) is 2. The van der Waals surface area contributed by atoms with Crippen molar-refractivity contribution >= 4 is 33.7 Å². The van der Waals surface area contributed by atoms with E-state index in [1.165, 1.54) is 24.3 Å². The summed E-state index contributed by atoms with van der Waals surface area (Å²) in [6.45, 7) is -0.888. The second-order valence-corrected chi connectivity index (χ2v) is 13.6. The summed E-state index contributed by atoms with van der Waals surface area (Å²) in [6.07, 6.45) is -1.75. The van der Waals surface area contributed by atoms with Gasteiger partial charge in [-0.05, 0) is 40.9 Å². The van der Waals surface area contributed by atoms with Crippen LogP contribution in [0.4, 0.5) is 13.2 Å². The molecule has 18 heteroatoms. The zero-order valence-corrected chi connectivity index (χ0v) is 29.6. The second kappa shape index (κ2) is 17.9. The number of rotatable bonds is 15. The van der Waals surface area contributed by atoms with Crippen LogP contribution in [-0.2, 0) is 37.0 Å². The van der Waals surface area contributed by atoms with Crippen LogP contribution in [0.2, 0.25) is 0 Å². The first-order chi connectivity index (χ1) is 26.3. The van der Waals surface area contributed by atoms with Gasteiger partial charge in [0.15, 0.2) is 0 Å². The van der Waals surface area contributed by atoms with E-state index in [0.29, 0.717) is 28.2 Å². The lowest BCUT2D eigenvalue weighted by Gasteiger charge is -2.23. The number of nitrogens with zero attached hydrogens (tertiary/aromatic N) is 5. The lowest BCUT2D eigenvalue weighted by atomic mass is 10.1. The zero-order chi connectivity index (χ0) is 39.6. The number of carbonyl (C=O) groups excluding carboxylic acids is 4. The van der Waals surface area contributed by atoms with Crippen LogP contribution in [0.3, 0.4) is 0 Å². The largest absolute Gasteiger partial charge is 0.523 e. The number of hydrogen-bond donors (Lipinski definition) is 0. The van der Waals surface area contributed by atoms with Crippen molar-refractivity contribution in [2.24, 2.45) is 5.11 Å². The molecule has 0 N–H and O–H groups in total. The molecule has 0 radical (unpaired) electrons. The van der Waals surface area contributed by atoms with Gasteiger partial charge in [-0.15, -0.1) is 0 Å². The Morgan fingerprint density at radius 2 is 1.00 bits per heavy atom. The third kappa shape index (κ3) is 10.00. The van der Waals surface area contributed by atoms with Crippen molar-refractivity contribution < 1.29 is 54.4 Å². The molecule has 286 valence electrons. The number of carbonyl (C=O) groups is 4. The average molecular weight is 780 g/mol. The van der Waals surface area contributed by atoms with Crippen LogP contribution in [0.25, 0.3) is 10.4 Å². The van der Waals surface area contributed by atoms with Crippen LogP contribution in [0.5, 0.6) is 0 Å². The third-order valence-corrected chi connectivity index (χ3v) is 9.23. The quantitative estimate of drug-likeness (QED) is 0.0353. The first-order valence-electron chi connectivity index (χ1n) is 16.5. The van der Waals surface area contributed by atoms with E-state index >= 15 is 0 Å². The summed E-state index contributed by atoms with van der Waals surface area (Å²) in [5, 5.41) is 3.66. The Bertz CT molecular complexity index is 2110. The van der Waals surface area contributed by atoms with Gasteiger partial charge < -0.3 is 9.47 Å². The van der Waals surface area contributed by atoms with Crippen LogP contribution in [0.15, 0.2) is 114 Å². The Labute approximate surface area is 312 Å². The first-order valence-corrected chi connectivity index (χ1v) is 17.9. The van der Waals surface area contributed by atoms with E-state index in [-0.39, 0.29) is 42.7 Å². The van der Waals surface area contributed by atoms with Crippen molar-refractivity contribution in [2.45, 2.75) is 30.9 Å². The highest BCUT2D eigenvalue weighted by molar-refractivity contribution is 7.87. The summed E-state index contributed by atoms with van der Waals surface area (Å²) in [7, 11) is -5.97. The maximum Gasteiger partial charge on any atom is 0.523 e. The van der Waals surface area contributed by atoms with Crippen molar-refractivity contribution in [3.63, 3.8) is 0 Å². The number of azide groups is 1. The Morgan fingerprint density at radius 1 is 0.618 bits per heavy atom. The van der Waals surface area contributed by atoms with Gasteiger partial charge in [0, 0.05) is 11.5 Å². The number of imide groups is 2. The highest BCUT2D eigenvalue weighted by Crippen LogP contribution is 2.28. The molecule has 0 bridgehead atoms. The van der Waals surface area contributed by atoms with Crippen LogP contribution in [0.1, 0.15) is 52.6 Å². The van der Waals surface area contributed by atoms with Gasteiger partial charge in [-0.1, -0.05) is 90.0 Å². The lowest BCUT2D eigenvalue weighted by Crippen LogP contribution is -2.42. The maximum absolute atomic E-state index is 12.8. The van der Waals surface area contributed by atoms with Crippen LogP contribution in [0, 0.1) is 0 Å². The third-order valence-electron chi connectivity index (χ3n) is 8.13. The number of halogens is 3. The summed E-state index contributed by atoms with van der Waals surface area (Å²) in [4.78, 5) is 54.2. The number of hydrogen-bond acceptors (Lipinski definition) is 10. The molecule has 0 aliphatic carbocycles. The van der Waals surface area contributed by atoms with E-state index in [4.69, 9.17) is 15.0 Å². The van der Waals surface area contributed by atoms with E-state index in [9.17, 15) is 40.8 Å². The molecule has 0 aromatic heterocycles. The summed E-state index contributed by atoms with van der Waals surface area (Å²) in [5.74, 6) is -2.25. The highest BCUT2D eigenvalue weighted by atomic mass is 32.2. The molecule has 0 saturated carbocycles. The van der Waals surface area contributed by atoms with E-state index in [2.05, 4.69) is 14.2 Å². The lowest BCUT2D eigenvalue weighted by molar-refractivity contribution is -0.0620. The standard InChI is InChI=1S/C19H16F3NO6S.C18H16N4O3/c20-19(21,22)30(26,27)29-14(12-28-11-13-6-2-1-3-7-13)10-23-17(24)15-8-4-5-9-16(15)18(23)25;19-21-20-14(12-25-11-13-6-2-1-3-7-13)10-22-17(23)15-8-4-5-9-16(15)18(22)24/h1-9,14H,10-12H2;1-9,14H,10-12H2. The minimum atomic E-state index is -5.97. The molecule has 2 heterocycles. The van der Waals surface area contributed by atoms with E-state index in [1.807, 2.05) is 30.3 Å². The van der Waals surface area contributed by atoms with Crippen LogP contribution < -0.4 is 0 Å². The monoisotopic (exact) mass is 779 g/mol. The topological polar surface area (TPSA) is 185 Å². The Hall–Kier alpha value is -5.91. The fourth-order valence-electron chi connectivity index (χ4n) is 5.53. The summed E-state index contributed by atoms with van der Waals surface area (Å²) in [6, 6.07) is 30.0. The van der Waals surface area contributed by atoms with Crippen molar-refractivity contribution in [1.29, 1.82) is 0 Å². The minimum Gasteiger partial charge on any atom is -0.376 e. The fourth-order valence-corrected chi connectivity index (χ4v) is 6.12. The van der Waals surface area contributed by atoms with Crippen molar-refractivity contribution in [3.8, 4) is 0 Å². The van der Waals surface area contributed by atoms with Gasteiger partial charge in [-0.3, -0.25) is 33.2 Å². The number of amides is 4. The number of fused-ring (bicyclic) bond motifs is 2. The van der Waals surface area contributed by atoms with Gasteiger partial charge >= 0.3 is 15.6 Å². The van der Waals surface area contributed by atoms with Gasteiger partial charge in [0.2, 0.25) is 0 Å². The maximum atomic E-state index is 12.8. The molecule has 4 aromatic carbocycles. The van der Waals surface area contributed by atoms with E-state index in [1.54, 1.807) is 54.6 Å². The van der Waals surface area contributed by atoms with Gasteiger partial charge in [0.1, 0.15) is 6.10 Å². The summed E-state index contributed by atoms with van der Waals surface area (Å²) >= 11 is 0. The van der Waals surface area contributed by atoms with E-state index in [0.717, 1.165) is 10.5 Å². The van der Waals surface area contributed by atoms with Crippen molar-refractivity contribution in [2.75, 3.05) is 26.3 Å². The Kier molecular flexibility index (Phi) is 13.1. The van der Waals surface area contributed by atoms with E-state index < -0.39 is 52.7 Å². The predicted octanol–water partition coefficient (Wildman–Crippen LogP) is 5.91. The second-order valence-electron chi connectivity index (χ2n) is 12.0. The molecular formula is C37H32F3N5O9S. The average Bonchev–Trinajstić information content (AvgIpc) is 3.55. The Balaban J connectivity index is 0.000000214. The molecule has 0 fully saturated rings. The van der Waals surface area contributed by atoms with Gasteiger partial charge in [0.25, 0.3) is 23.6 Å². The molecule has 2 aliphatic heterocycles. The molecule has 2 unspecified atom stereocenters. The molecule has 0 spiro atoms. The highest BCUT2D eigenvalue weighted by Gasteiger charge is 2.49. The molecule has 4 amide bonds. The van der Waals surface area contributed by atoms with Crippen LogP contribution >= 0.6 is 0 Å². The molecule has 4 aromatic rings. The molecule has 0 saturated heterocycles. The smallest absolute Gasteiger partial charge is 0.376 e. The molecule has 55 heavy (non-hydrogen) atoms. The summed E-state index contributed by atoms with van der Waals surface area (Å²) in [5.41, 5.74) is 5.66. The normalized spacial score (nSPS) is 14.8. The van der Waals surface area contributed by atoms with Crippen molar-refractivity contribution in [3.05, 3.63) is 153 Å². The molecule has 2 aliphatic rings. The fraction of sp³-hybridized carbons (Fsp3) is 0.243. The Morgan fingerprint density at radius 3 is 1.40 bits per heavy atom. The minimum absolute atomic E-state index is 0.00873. The molecule has 6 rings (SSSR count). The van der Waals surface area contributed by atoms with Crippen LogP contribution in [-0.4, -0.2) is 85.8 Å². The molecular weight excluding hydrogens is 747 g/mol. The SMILES string of the molecule is O=C1c2ccccc2C(=O)N1CC(COCc1ccccc1)OS(=O)(=O)C(F)(F)F.[N-]=[N+]=NC(COCc1ccccc1)CN1C(=O)c2ccccc2C1=O. The molecule has 2 atom stereocenters. The predicted molar refractivity (Wildman–Crippen MR) is 189 cm³/mol. The van der Waals surface area contributed by atoms with Gasteiger partial charge in [-0.25, -0.2) is 0 Å². The van der Waals surface area contributed by atoms with Gasteiger partial charge in [-0.2, -0.15) is 21.6 Å².